The van der Waals surface area contributed by atoms with Crippen LogP contribution in [0.5, 0.6) is 0 Å². The largest absolute Gasteiger partial charge is 0.391 e. The van der Waals surface area contributed by atoms with Crippen molar-refractivity contribution in [1.29, 1.82) is 0 Å². The van der Waals surface area contributed by atoms with E-state index in [4.69, 9.17) is 4.74 Å². The Morgan fingerprint density at radius 1 is 1.57 bits per heavy atom. The standard InChI is InChI=1S/C11H23NO2/c1-3-4-6-12(2)8-11(13)10-5-7-14-9-10/h10-11,13H,3-9H2,1-2H3. The number of nitrogens with zero attached hydrogens (tertiary/aromatic N) is 1. The molecule has 2 atom stereocenters. The number of rotatable bonds is 6. The van der Waals surface area contributed by atoms with E-state index < -0.39 is 0 Å². The number of ether oxygens (including phenoxy) is 1. The van der Waals surface area contributed by atoms with Crippen LogP contribution in [0.3, 0.4) is 0 Å². The third-order valence-corrected chi connectivity index (χ3v) is 2.90. The molecule has 1 heterocycles. The van der Waals surface area contributed by atoms with E-state index in [0.717, 1.165) is 32.7 Å². The Morgan fingerprint density at radius 2 is 2.36 bits per heavy atom. The average molecular weight is 201 g/mol. The van der Waals surface area contributed by atoms with Gasteiger partial charge in [0.1, 0.15) is 0 Å². The maximum Gasteiger partial charge on any atom is 0.0717 e. The predicted octanol–water partition coefficient (Wildman–Crippen LogP) is 1.12. The van der Waals surface area contributed by atoms with Crippen molar-refractivity contribution in [2.75, 3.05) is 33.4 Å². The van der Waals surface area contributed by atoms with Crippen LogP contribution in [0.4, 0.5) is 0 Å². The first kappa shape index (κ1) is 12.0. The number of unbranched alkanes of at least 4 members (excludes halogenated alkanes) is 1. The fourth-order valence-electron chi connectivity index (χ4n) is 1.84. The molecule has 1 aliphatic rings. The molecular weight excluding hydrogens is 178 g/mol. The second kappa shape index (κ2) is 6.38. The molecule has 2 unspecified atom stereocenters. The molecule has 3 nitrogen and oxygen atoms in total. The van der Waals surface area contributed by atoms with Crippen LogP contribution >= 0.6 is 0 Å². The molecule has 1 aliphatic heterocycles. The molecule has 0 radical (unpaired) electrons. The molecule has 0 spiro atoms. The van der Waals surface area contributed by atoms with Gasteiger partial charge in [-0.2, -0.15) is 0 Å². The van der Waals surface area contributed by atoms with Gasteiger partial charge in [-0.05, 0) is 26.4 Å². The van der Waals surface area contributed by atoms with Gasteiger partial charge in [-0.1, -0.05) is 13.3 Å². The van der Waals surface area contributed by atoms with Gasteiger partial charge >= 0.3 is 0 Å². The number of hydrogen-bond acceptors (Lipinski definition) is 3. The highest BCUT2D eigenvalue weighted by Crippen LogP contribution is 2.17. The van der Waals surface area contributed by atoms with Crippen LogP contribution in [0.25, 0.3) is 0 Å². The molecule has 1 rings (SSSR count). The number of likely N-dealkylation sites (N-methyl/N-ethyl adjacent to an activating group) is 1. The van der Waals surface area contributed by atoms with Gasteiger partial charge in [-0.25, -0.2) is 0 Å². The van der Waals surface area contributed by atoms with Crippen molar-refractivity contribution in [3.8, 4) is 0 Å². The first-order chi connectivity index (χ1) is 6.74. The van der Waals surface area contributed by atoms with E-state index in [1.165, 1.54) is 12.8 Å². The van der Waals surface area contributed by atoms with Crippen molar-refractivity contribution in [2.45, 2.75) is 32.3 Å². The van der Waals surface area contributed by atoms with Crippen molar-refractivity contribution in [1.82, 2.24) is 4.90 Å². The maximum atomic E-state index is 9.90. The van der Waals surface area contributed by atoms with Gasteiger partial charge in [0.15, 0.2) is 0 Å². The predicted molar refractivity (Wildman–Crippen MR) is 57.3 cm³/mol. The molecule has 0 aromatic rings. The molecule has 0 amide bonds. The van der Waals surface area contributed by atoms with E-state index in [9.17, 15) is 5.11 Å². The first-order valence-corrected chi connectivity index (χ1v) is 5.68. The summed E-state index contributed by atoms with van der Waals surface area (Å²) in [4.78, 5) is 2.21. The second-order valence-electron chi connectivity index (χ2n) is 4.31. The van der Waals surface area contributed by atoms with Gasteiger partial charge in [0.05, 0.1) is 12.7 Å². The highest BCUT2D eigenvalue weighted by molar-refractivity contribution is 4.74. The Balaban J connectivity index is 2.14. The summed E-state index contributed by atoms with van der Waals surface area (Å²) in [6.07, 6.45) is 3.24. The van der Waals surface area contributed by atoms with Crippen LogP contribution in [0.1, 0.15) is 26.2 Å². The monoisotopic (exact) mass is 201 g/mol. The lowest BCUT2D eigenvalue weighted by Gasteiger charge is -2.23. The molecule has 0 aromatic carbocycles. The van der Waals surface area contributed by atoms with Crippen LogP contribution in [0.2, 0.25) is 0 Å². The molecule has 1 N–H and O–H groups in total. The Kier molecular flexibility index (Phi) is 5.45. The van der Waals surface area contributed by atoms with Crippen LogP contribution in [-0.2, 0) is 4.74 Å². The third-order valence-electron chi connectivity index (χ3n) is 2.90. The Hall–Kier alpha value is -0.120. The highest BCUT2D eigenvalue weighted by Gasteiger charge is 2.24. The minimum absolute atomic E-state index is 0.209. The summed E-state index contributed by atoms with van der Waals surface area (Å²) in [6.45, 7) is 5.62. The highest BCUT2D eigenvalue weighted by atomic mass is 16.5. The van der Waals surface area contributed by atoms with Crippen LogP contribution in [0.15, 0.2) is 0 Å². The topological polar surface area (TPSA) is 32.7 Å². The SMILES string of the molecule is CCCCN(C)CC(O)C1CCOC1. The van der Waals surface area contributed by atoms with Gasteiger partial charge < -0.3 is 14.7 Å². The van der Waals surface area contributed by atoms with E-state index in [0.29, 0.717) is 5.92 Å². The molecule has 0 saturated carbocycles. The van der Waals surface area contributed by atoms with Crippen molar-refractivity contribution in [3.05, 3.63) is 0 Å². The summed E-state index contributed by atoms with van der Waals surface area (Å²) in [6, 6.07) is 0. The lowest BCUT2D eigenvalue weighted by atomic mass is 10.0. The molecular formula is C11H23NO2. The van der Waals surface area contributed by atoms with Gasteiger partial charge in [-0.15, -0.1) is 0 Å². The van der Waals surface area contributed by atoms with Crippen molar-refractivity contribution in [2.24, 2.45) is 5.92 Å². The molecule has 3 heteroatoms. The third kappa shape index (κ3) is 3.95. The van der Waals surface area contributed by atoms with Gasteiger partial charge in [-0.3, -0.25) is 0 Å². The molecule has 0 aliphatic carbocycles. The van der Waals surface area contributed by atoms with Gasteiger partial charge in [0.25, 0.3) is 0 Å². The molecule has 1 fully saturated rings. The fraction of sp³-hybridized carbons (Fsp3) is 1.00. The number of hydrogen-bond donors (Lipinski definition) is 1. The van der Waals surface area contributed by atoms with Crippen LogP contribution < -0.4 is 0 Å². The lowest BCUT2D eigenvalue weighted by Crippen LogP contribution is -2.35. The maximum absolute atomic E-state index is 9.90. The fourth-order valence-corrected chi connectivity index (χ4v) is 1.84. The number of aliphatic hydroxyl groups excluding tert-OH is 1. The molecule has 14 heavy (non-hydrogen) atoms. The Labute approximate surface area is 87.1 Å². The summed E-state index contributed by atoms with van der Waals surface area (Å²) < 4.78 is 5.26. The summed E-state index contributed by atoms with van der Waals surface area (Å²) >= 11 is 0. The van der Waals surface area contributed by atoms with E-state index in [2.05, 4.69) is 18.9 Å². The second-order valence-corrected chi connectivity index (χ2v) is 4.31. The quantitative estimate of drug-likeness (QED) is 0.699. The minimum atomic E-state index is -0.209. The summed E-state index contributed by atoms with van der Waals surface area (Å²) in [5, 5.41) is 9.90. The number of aliphatic hydroxyl groups is 1. The van der Waals surface area contributed by atoms with E-state index in [-0.39, 0.29) is 6.10 Å². The lowest BCUT2D eigenvalue weighted by molar-refractivity contribution is 0.0630. The van der Waals surface area contributed by atoms with E-state index >= 15 is 0 Å². The Morgan fingerprint density at radius 3 is 2.93 bits per heavy atom. The van der Waals surface area contributed by atoms with Gasteiger partial charge in [0.2, 0.25) is 0 Å². The van der Waals surface area contributed by atoms with Crippen LogP contribution in [-0.4, -0.2) is 49.5 Å². The average Bonchev–Trinajstić information content (AvgIpc) is 2.67. The molecule has 1 saturated heterocycles. The minimum Gasteiger partial charge on any atom is -0.391 e. The summed E-state index contributed by atoms with van der Waals surface area (Å²) in [5.41, 5.74) is 0. The first-order valence-electron chi connectivity index (χ1n) is 5.68. The van der Waals surface area contributed by atoms with E-state index in [1.807, 2.05) is 0 Å². The molecule has 0 aromatic heterocycles. The van der Waals surface area contributed by atoms with Crippen molar-refractivity contribution >= 4 is 0 Å². The summed E-state index contributed by atoms with van der Waals surface area (Å²) in [7, 11) is 2.08. The van der Waals surface area contributed by atoms with Gasteiger partial charge in [0, 0.05) is 19.1 Å². The molecule has 84 valence electrons. The zero-order valence-corrected chi connectivity index (χ0v) is 9.41. The molecule has 0 bridgehead atoms. The zero-order chi connectivity index (χ0) is 10.4. The van der Waals surface area contributed by atoms with Crippen molar-refractivity contribution < 1.29 is 9.84 Å². The summed E-state index contributed by atoms with van der Waals surface area (Å²) in [5.74, 6) is 0.360. The normalized spacial score (nSPS) is 24.4. The Bertz CT molecular complexity index is 146. The smallest absolute Gasteiger partial charge is 0.0717 e. The van der Waals surface area contributed by atoms with Crippen molar-refractivity contribution in [3.63, 3.8) is 0 Å². The zero-order valence-electron chi connectivity index (χ0n) is 9.41. The van der Waals surface area contributed by atoms with Crippen LogP contribution in [0, 0.1) is 5.92 Å². The van der Waals surface area contributed by atoms with E-state index in [1.54, 1.807) is 0 Å².